The fourth-order valence-electron chi connectivity index (χ4n) is 4.45. The van der Waals surface area contributed by atoms with E-state index in [0.29, 0.717) is 5.56 Å². The number of hydrogen-bond donors (Lipinski definition) is 7. The summed E-state index contributed by atoms with van der Waals surface area (Å²) in [6, 6.07) is 2.35. The molecule has 0 aliphatic rings. The minimum Gasteiger partial charge on any atom is -0.481 e. The first-order valence-electron chi connectivity index (χ1n) is 15.1. The van der Waals surface area contributed by atoms with Gasteiger partial charge in [-0.2, -0.15) is 0 Å². The van der Waals surface area contributed by atoms with Gasteiger partial charge in [-0.05, 0) is 24.3 Å². The first-order chi connectivity index (χ1) is 23.2. The molecule has 0 aliphatic heterocycles. The number of halogens is 1. The molecule has 0 fully saturated rings. The summed E-state index contributed by atoms with van der Waals surface area (Å²) in [6.07, 6.45) is -3.86. The van der Waals surface area contributed by atoms with Crippen molar-refractivity contribution in [3.8, 4) is 0 Å². The average molecular weight is 691 g/mol. The first kappa shape index (κ1) is 39.5. The van der Waals surface area contributed by atoms with E-state index < -0.39 is 91.1 Å². The number of benzene rings is 1. The molecule has 2 rings (SSSR count). The van der Waals surface area contributed by atoms with E-state index in [1.54, 1.807) is 44.2 Å². The molecule has 1 heterocycles. The van der Waals surface area contributed by atoms with Crippen LogP contribution in [0.3, 0.4) is 0 Å². The second-order valence-electron chi connectivity index (χ2n) is 11.3. The van der Waals surface area contributed by atoms with Crippen molar-refractivity contribution in [2.75, 3.05) is 0 Å². The fourth-order valence-corrected chi connectivity index (χ4v) is 4.45. The summed E-state index contributed by atoms with van der Waals surface area (Å²) in [6.45, 7) is 3.45. The number of hydrogen-bond acceptors (Lipinski definition) is 10. The van der Waals surface area contributed by atoms with Crippen LogP contribution in [0.2, 0.25) is 0 Å². The number of alkyl halides is 1. The molecule has 5 atom stereocenters. The predicted molar refractivity (Wildman–Crippen MR) is 166 cm³/mol. The molecular weight excluding hydrogens is 651 g/mol. The Hall–Kier alpha value is -5.68. The maximum absolute atomic E-state index is 13.8. The summed E-state index contributed by atoms with van der Waals surface area (Å²) in [5, 5.41) is 27.7. The van der Waals surface area contributed by atoms with Gasteiger partial charge in [-0.3, -0.25) is 33.6 Å². The molecule has 0 spiro atoms. The van der Waals surface area contributed by atoms with Crippen molar-refractivity contribution in [3.05, 3.63) is 54.1 Å². The molecule has 7 N–H and O–H groups in total. The Labute approximate surface area is 279 Å². The number of imidazole rings is 1. The van der Waals surface area contributed by atoms with Crippen molar-refractivity contribution in [2.24, 2.45) is 5.92 Å². The van der Waals surface area contributed by atoms with Crippen molar-refractivity contribution < 1.29 is 57.7 Å². The van der Waals surface area contributed by atoms with E-state index in [9.17, 15) is 47.9 Å². The smallest absolute Gasteiger partial charge is 0.408 e. The molecule has 266 valence electrons. The number of ketones is 1. The number of carboxylic acids is 2. The number of aldehydes is 1. The van der Waals surface area contributed by atoms with E-state index in [-0.39, 0.29) is 37.3 Å². The van der Waals surface area contributed by atoms with Crippen LogP contribution in [-0.4, -0.2) is 98.3 Å². The highest BCUT2D eigenvalue weighted by atomic mass is 19.1. The van der Waals surface area contributed by atoms with Gasteiger partial charge in [0.25, 0.3) is 0 Å². The maximum atomic E-state index is 13.8. The molecule has 1 aromatic carbocycles. The number of aliphatic carboxylic acids is 2. The van der Waals surface area contributed by atoms with Crippen LogP contribution in [0.1, 0.15) is 50.8 Å². The number of Topliss-reactive ketones (excluding diaryl/α,β-unsaturated/α-hetero) is 1. The summed E-state index contributed by atoms with van der Waals surface area (Å²) in [5.41, 5.74) is 0.965. The lowest BCUT2D eigenvalue weighted by Gasteiger charge is -2.26. The number of rotatable bonds is 21. The Morgan fingerprint density at radius 2 is 1.49 bits per heavy atom. The molecule has 0 bridgehead atoms. The fraction of sp³-hybridized carbons (Fsp3) is 0.452. The monoisotopic (exact) mass is 690 g/mol. The molecule has 4 amide bonds. The summed E-state index contributed by atoms with van der Waals surface area (Å²) in [5.74, 6) is -7.66. The van der Waals surface area contributed by atoms with E-state index in [1.165, 1.54) is 12.5 Å². The molecule has 49 heavy (non-hydrogen) atoms. The number of H-pyrrole nitrogens is 1. The van der Waals surface area contributed by atoms with Gasteiger partial charge >= 0.3 is 18.0 Å². The second kappa shape index (κ2) is 19.9. The maximum Gasteiger partial charge on any atom is 0.408 e. The van der Waals surface area contributed by atoms with Gasteiger partial charge in [0.15, 0.2) is 12.1 Å². The topological polar surface area (TPSA) is 263 Å². The van der Waals surface area contributed by atoms with Crippen molar-refractivity contribution in [1.82, 2.24) is 31.2 Å². The number of ether oxygens (including phenoxy) is 1. The largest absolute Gasteiger partial charge is 0.481 e. The van der Waals surface area contributed by atoms with Crippen LogP contribution in [0.4, 0.5) is 9.18 Å². The molecule has 18 heteroatoms. The zero-order valence-electron chi connectivity index (χ0n) is 26.7. The Balaban J connectivity index is 2.27. The Morgan fingerprint density at radius 1 is 0.878 bits per heavy atom. The number of nitrogens with one attached hydrogen (secondary N) is 5. The van der Waals surface area contributed by atoms with Crippen LogP contribution >= 0.6 is 0 Å². The normalized spacial score (nSPS) is 13.9. The number of nitrogens with zero attached hydrogens (tertiary/aromatic N) is 1. The number of carboxylic acid groups (broad SMARTS) is 2. The van der Waals surface area contributed by atoms with Gasteiger partial charge in [0.1, 0.15) is 30.8 Å². The second-order valence-corrected chi connectivity index (χ2v) is 11.3. The minimum atomic E-state index is -2.73. The molecule has 0 aliphatic carbocycles. The highest BCUT2D eigenvalue weighted by molar-refractivity contribution is 6.03. The Morgan fingerprint density at radius 3 is 2.06 bits per heavy atom. The van der Waals surface area contributed by atoms with Gasteiger partial charge in [-0.25, -0.2) is 14.2 Å². The van der Waals surface area contributed by atoms with Crippen molar-refractivity contribution in [3.63, 3.8) is 0 Å². The van der Waals surface area contributed by atoms with Crippen LogP contribution in [-0.2, 0) is 51.3 Å². The van der Waals surface area contributed by atoms with Crippen molar-refractivity contribution >= 4 is 47.8 Å². The third kappa shape index (κ3) is 14.3. The highest BCUT2D eigenvalue weighted by Crippen LogP contribution is 2.10. The molecule has 0 saturated carbocycles. The molecule has 2 aromatic rings. The average Bonchev–Trinajstić information content (AvgIpc) is 3.57. The zero-order valence-corrected chi connectivity index (χ0v) is 26.7. The number of amides is 4. The standard InChI is InChI=1S/C31H39FN6O11/c1-17(2)10-23(38-31(48)49-15-18-6-4-3-5-7-18)29(46)35-21(8-9-25(40)41)28(45)37-24(11-19-13-33-16-34-19)30(47)36-22(12-26(42)43)27(44)20(32)14-39/h3-7,13-14,16-17,20-24H,8-12,15H2,1-2H3,(H,33,34)(H,35,46)(H,36,47)(H,37,45)(H,38,48)(H,40,41)(H,42,43)/t20?,21-,22-,23-,24-/m0/s1. The van der Waals surface area contributed by atoms with Gasteiger partial charge < -0.3 is 41.2 Å². The quantitative estimate of drug-likeness (QED) is 0.0684. The Kier molecular flexibility index (Phi) is 16.0. The number of aromatic nitrogens is 2. The SMILES string of the molecule is CC(C)C[C@H](NC(=O)OCc1ccccc1)C(=O)N[C@@H](CCC(=O)O)C(=O)N[C@@H](Cc1cnc[nH]1)C(=O)N[C@@H](CC(=O)O)C(=O)C(F)C=O. The van der Waals surface area contributed by atoms with Crippen LogP contribution in [0, 0.1) is 5.92 Å². The van der Waals surface area contributed by atoms with Gasteiger partial charge in [0.2, 0.25) is 23.9 Å². The number of carbonyl (C=O) groups excluding carboxylic acids is 6. The summed E-state index contributed by atoms with van der Waals surface area (Å²) < 4.78 is 19.0. The van der Waals surface area contributed by atoms with Gasteiger partial charge in [-0.15, -0.1) is 0 Å². The lowest BCUT2D eigenvalue weighted by molar-refractivity contribution is -0.142. The van der Waals surface area contributed by atoms with Gasteiger partial charge in [0.05, 0.1) is 12.7 Å². The van der Waals surface area contributed by atoms with E-state index in [2.05, 4.69) is 25.9 Å². The number of alkyl carbamates (subject to hydrolysis) is 1. The third-order valence-electron chi connectivity index (χ3n) is 6.85. The van der Waals surface area contributed by atoms with Crippen LogP contribution in [0.25, 0.3) is 0 Å². The van der Waals surface area contributed by atoms with Gasteiger partial charge in [0, 0.05) is 24.7 Å². The van der Waals surface area contributed by atoms with E-state index in [0.717, 1.165) is 0 Å². The summed E-state index contributed by atoms with van der Waals surface area (Å²) in [7, 11) is 0. The molecule has 17 nitrogen and oxygen atoms in total. The predicted octanol–water partition coefficient (Wildman–Crippen LogP) is 0.193. The lowest BCUT2D eigenvalue weighted by Crippen LogP contribution is -2.58. The van der Waals surface area contributed by atoms with E-state index >= 15 is 0 Å². The van der Waals surface area contributed by atoms with Crippen molar-refractivity contribution in [2.45, 2.75) is 82.9 Å². The van der Waals surface area contributed by atoms with E-state index in [4.69, 9.17) is 9.84 Å². The Bertz CT molecular complexity index is 1460. The van der Waals surface area contributed by atoms with Crippen LogP contribution in [0.15, 0.2) is 42.9 Å². The summed E-state index contributed by atoms with van der Waals surface area (Å²) in [4.78, 5) is 105. The first-order valence-corrected chi connectivity index (χ1v) is 15.1. The molecular formula is C31H39FN6O11. The molecule has 0 saturated heterocycles. The third-order valence-corrected chi connectivity index (χ3v) is 6.85. The number of carbonyl (C=O) groups is 8. The lowest BCUT2D eigenvalue weighted by atomic mass is 10.0. The summed E-state index contributed by atoms with van der Waals surface area (Å²) >= 11 is 0. The van der Waals surface area contributed by atoms with Crippen molar-refractivity contribution in [1.29, 1.82) is 0 Å². The minimum absolute atomic E-state index is 0.0911. The van der Waals surface area contributed by atoms with Gasteiger partial charge in [-0.1, -0.05) is 44.2 Å². The number of aromatic amines is 1. The highest BCUT2D eigenvalue weighted by Gasteiger charge is 2.34. The molecule has 1 unspecified atom stereocenters. The molecule has 0 radical (unpaired) electrons. The van der Waals surface area contributed by atoms with E-state index in [1.807, 2.05) is 5.32 Å². The van der Waals surface area contributed by atoms with Crippen LogP contribution in [0.5, 0.6) is 0 Å². The zero-order chi connectivity index (χ0) is 36.5. The molecule has 1 aromatic heterocycles. The van der Waals surface area contributed by atoms with Crippen LogP contribution < -0.4 is 21.3 Å².